The molecule has 3 aromatic rings. The number of anilines is 2. The molecule has 0 aliphatic heterocycles. The summed E-state index contributed by atoms with van der Waals surface area (Å²) in [5, 5.41) is 15.5. The Balaban J connectivity index is 1.55. The molecule has 1 heterocycles. The zero-order valence-electron chi connectivity index (χ0n) is 15.6. The molecular weight excluding hydrogens is 386 g/mol. The second kappa shape index (κ2) is 7.35. The van der Waals surface area contributed by atoms with Crippen LogP contribution in [0, 0.1) is 5.92 Å². The summed E-state index contributed by atoms with van der Waals surface area (Å²) in [5.41, 5.74) is 12.5. The lowest BCUT2D eigenvalue weighted by atomic mass is 9.87. The molecule has 1 aromatic heterocycles. The maximum absolute atomic E-state index is 12.7. The SMILES string of the molecule is NC(=O)C(O)(c1ccc(C(=O)Nc2cc(-c3cccs3)ccc2N)cc1)C1CC1. The first-order valence-electron chi connectivity index (χ1n) is 9.27. The van der Waals surface area contributed by atoms with E-state index in [2.05, 4.69) is 5.32 Å². The van der Waals surface area contributed by atoms with Crippen LogP contribution in [0.5, 0.6) is 0 Å². The minimum absolute atomic E-state index is 0.167. The molecule has 29 heavy (non-hydrogen) atoms. The molecule has 148 valence electrons. The molecule has 1 atom stereocenters. The quantitative estimate of drug-likeness (QED) is 0.469. The van der Waals surface area contributed by atoms with E-state index in [9.17, 15) is 14.7 Å². The molecule has 6 N–H and O–H groups in total. The smallest absolute Gasteiger partial charge is 0.255 e. The number of aliphatic hydroxyl groups is 1. The van der Waals surface area contributed by atoms with Gasteiger partial charge in [-0.2, -0.15) is 0 Å². The number of rotatable bonds is 6. The van der Waals surface area contributed by atoms with Gasteiger partial charge in [-0.25, -0.2) is 0 Å². The molecule has 0 spiro atoms. The van der Waals surface area contributed by atoms with E-state index >= 15 is 0 Å². The van der Waals surface area contributed by atoms with Crippen molar-refractivity contribution in [2.24, 2.45) is 11.7 Å². The zero-order chi connectivity index (χ0) is 20.6. The number of carbonyl (C=O) groups excluding carboxylic acids is 2. The minimum atomic E-state index is -1.69. The van der Waals surface area contributed by atoms with Crippen LogP contribution in [0.25, 0.3) is 10.4 Å². The van der Waals surface area contributed by atoms with Crippen molar-refractivity contribution in [3.63, 3.8) is 0 Å². The molecule has 1 aliphatic carbocycles. The van der Waals surface area contributed by atoms with Crippen molar-refractivity contribution < 1.29 is 14.7 Å². The van der Waals surface area contributed by atoms with Gasteiger partial charge in [0.15, 0.2) is 5.60 Å². The number of nitrogens with two attached hydrogens (primary N) is 2. The van der Waals surface area contributed by atoms with Crippen molar-refractivity contribution in [3.05, 3.63) is 71.1 Å². The first-order chi connectivity index (χ1) is 13.9. The fourth-order valence-electron chi connectivity index (χ4n) is 3.41. The summed E-state index contributed by atoms with van der Waals surface area (Å²) in [6, 6.07) is 15.8. The number of benzene rings is 2. The Bertz CT molecular complexity index is 1060. The fraction of sp³-hybridized carbons (Fsp3) is 0.182. The van der Waals surface area contributed by atoms with Crippen LogP contribution in [-0.4, -0.2) is 16.9 Å². The van der Waals surface area contributed by atoms with Gasteiger partial charge in [0.05, 0.1) is 11.4 Å². The number of thiophene rings is 1. The maximum Gasteiger partial charge on any atom is 0.255 e. The summed E-state index contributed by atoms with van der Waals surface area (Å²) in [5.74, 6) is -1.27. The second-order valence-corrected chi connectivity index (χ2v) is 8.16. The third kappa shape index (κ3) is 3.62. The van der Waals surface area contributed by atoms with Gasteiger partial charge in [-0.15, -0.1) is 11.3 Å². The molecule has 0 bridgehead atoms. The molecule has 1 aliphatic rings. The van der Waals surface area contributed by atoms with Gasteiger partial charge in [0.1, 0.15) is 0 Å². The van der Waals surface area contributed by atoms with E-state index in [0.29, 0.717) is 22.5 Å². The standard InChI is InChI=1S/C22H21N3O3S/c23-17-10-5-14(19-2-1-11-29-19)12-18(17)25-20(26)13-3-6-15(7-4-13)22(28,21(24)27)16-8-9-16/h1-7,10-12,16,28H,8-9,23H2,(H2,24,27)(H,25,26). The van der Waals surface area contributed by atoms with Gasteiger partial charge in [0.25, 0.3) is 11.8 Å². The molecular formula is C22H21N3O3S. The first-order valence-corrected chi connectivity index (χ1v) is 10.1. The number of hydrogen-bond donors (Lipinski definition) is 4. The highest BCUT2D eigenvalue weighted by atomic mass is 32.1. The van der Waals surface area contributed by atoms with E-state index in [4.69, 9.17) is 11.5 Å². The highest BCUT2D eigenvalue weighted by molar-refractivity contribution is 7.13. The van der Waals surface area contributed by atoms with Crippen molar-refractivity contribution in [1.29, 1.82) is 0 Å². The Morgan fingerprint density at radius 1 is 1.10 bits per heavy atom. The van der Waals surface area contributed by atoms with Crippen LogP contribution < -0.4 is 16.8 Å². The Morgan fingerprint density at radius 3 is 2.41 bits per heavy atom. The molecule has 0 saturated heterocycles. The molecule has 7 heteroatoms. The number of hydrogen-bond acceptors (Lipinski definition) is 5. The van der Waals surface area contributed by atoms with Crippen molar-refractivity contribution in [3.8, 4) is 10.4 Å². The number of carbonyl (C=O) groups is 2. The monoisotopic (exact) mass is 407 g/mol. The Kier molecular flexibility index (Phi) is 4.86. The van der Waals surface area contributed by atoms with Gasteiger partial charge in [-0.05, 0) is 59.7 Å². The van der Waals surface area contributed by atoms with E-state index in [1.54, 1.807) is 41.7 Å². The van der Waals surface area contributed by atoms with Crippen LogP contribution in [-0.2, 0) is 10.4 Å². The molecule has 2 aromatic carbocycles. The number of primary amides is 1. The Labute approximate surface area is 172 Å². The summed E-state index contributed by atoms with van der Waals surface area (Å²) in [4.78, 5) is 25.6. The second-order valence-electron chi connectivity index (χ2n) is 7.22. The molecule has 1 saturated carbocycles. The van der Waals surface area contributed by atoms with Crippen molar-refractivity contribution in [2.45, 2.75) is 18.4 Å². The van der Waals surface area contributed by atoms with Crippen molar-refractivity contribution in [1.82, 2.24) is 0 Å². The minimum Gasteiger partial charge on any atom is -0.397 e. The van der Waals surface area contributed by atoms with Crippen LogP contribution in [0.2, 0.25) is 0 Å². The van der Waals surface area contributed by atoms with E-state index in [1.165, 1.54) is 0 Å². The average molecular weight is 407 g/mol. The highest BCUT2D eigenvalue weighted by Gasteiger charge is 2.49. The van der Waals surface area contributed by atoms with Gasteiger partial charge in [-0.3, -0.25) is 9.59 Å². The van der Waals surface area contributed by atoms with Crippen LogP contribution in [0.3, 0.4) is 0 Å². The topological polar surface area (TPSA) is 118 Å². The summed E-state index contributed by atoms with van der Waals surface area (Å²) >= 11 is 1.60. The lowest BCUT2D eigenvalue weighted by molar-refractivity contribution is -0.139. The van der Waals surface area contributed by atoms with E-state index in [1.807, 2.05) is 29.6 Å². The van der Waals surface area contributed by atoms with Crippen molar-refractivity contribution in [2.75, 3.05) is 11.1 Å². The van der Waals surface area contributed by atoms with Gasteiger partial charge in [0, 0.05) is 16.4 Å². The summed E-state index contributed by atoms with van der Waals surface area (Å²) in [7, 11) is 0. The first kappa shape index (κ1) is 19.2. The molecule has 6 nitrogen and oxygen atoms in total. The predicted octanol–water partition coefficient (Wildman–Crippen LogP) is 3.33. The van der Waals surface area contributed by atoms with Crippen LogP contribution in [0.1, 0.15) is 28.8 Å². The van der Waals surface area contributed by atoms with E-state index in [0.717, 1.165) is 23.3 Å². The normalized spacial score (nSPS) is 15.5. The number of amides is 2. The largest absolute Gasteiger partial charge is 0.397 e. The molecule has 0 radical (unpaired) electrons. The summed E-state index contributed by atoms with van der Waals surface area (Å²) < 4.78 is 0. The van der Waals surface area contributed by atoms with Gasteiger partial charge < -0.3 is 21.9 Å². The lowest BCUT2D eigenvalue weighted by Gasteiger charge is -2.25. The molecule has 1 fully saturated rings. The third-order valence-corrected chi connectivity index (χ3v) is 6.16. The third-order valence-electron chi connectivity index (χ3n) is 5.24. The fourth-order valence-corrected chi connectivity index (χ4v) is 4.13. The summed E-state index contributed by atoms with van der Waals surface area (Å²) in [6.45, 7) is 0. The van der Waals surface area contributed by atoms with Gasteiger partial charge in [-0.1, -0.05) is 24.3 Å². The van der Waals surface area contributed by atoms with Crippen molar-refractivity contribution >= 4 is 34.5 Å². The Hall–Kier alpha value is -3.16. The number of nitrogens with one attached hydrogen (secondary N) is 1. The Morgan fingerprint density at radius 2 is 1.83 bits per heavy atom. The molecule has 4 rings (SSSR count). The maximum atomic E-state index is 12.7. The predicted molar refractivity (Wildman–Crippen MR) is 114 cm³/mol. The van der Waals surface area contributed by atoms with Gasteiger partial charge in [0.2, 0.25) is 0 Å². The van der Waals surface area contributed by atoms with Crippen LogP contribution in [0.4, 0.5) is 11.4 Å². The van der Waals surface area contributed by atoms with Crippen LogP contribution in [0.15, 0.2) is 60.0 Å². The van der Waals surface area contributed by atoms with E-state index < -0.39 is 11.5 Å². The zero-order valence-corrected chi connectivity index (χ0v) is 16.4. The van der Waals surface area contributed by atoms with E-state index in [-0.39, 0.29) is 11.8 Å². The summed E-state index contributed by atoms with van der Waals surface area (Å²) in [6.07, 6.45) is 1.50. The average Bonchev–Trinajstić information content (AvgIpc) is 3.43. The molecule has 1 unspecified atom stereocenters. The number of nitrogen functional groups attached to an aromatic ring is 1. The van der Waals surface area contributed by atoms with Gasteiger partial charge >= 0.3 is 0 Å². The highest BCUT2D eigenvalue weighted by Crippen LogP contribution is 2.45. The molecule has 2 amide bonds. The lowest BCUT2D eigenvalue weighted by Crippen LogP contribution is -2.43. The van der Waals surface area contributed by atoms with Crippen LogP contribution >= 0.6 is 11.3 Å².